The van der Waals surface area contributed by atoms with Crippen LogP contribution in [0.1, 0.15) is 18.4 Å². The molecule has 1 saturated heterocycles. The minimum atomic E-state index is -0.415. The van der Waals surface area contributed by atoms with Gasteiger partial charge in [-0.05, 0) is 31.4 Å². The molecule has 116 valence electrons. The Balaban J connectivity index is 0.00000220. The molecular formula is C14H20ClN3O3. The highest BCUT2D eigenvalue weighted by Crippen LogP contribution is 2.12. The zero-order valence-electron chi connectivity index (χ0n) is 11.7. The summed E-state index contributed by atoms with van der Waals surface area (Å²) in [6.07, 6.45) is 2.67. The van der Waals surface area contributed by atoms with Gasteiger partial charge in [-0.2, -0.15) is 0 Å². The third-order valence-electron chi connectivity index (χ3n) is 3.53. The number of carbonyl (C=O) groups is 1. The summed E-state index contributed by atoms with van der Waals surface area (Å²) in [5, 5.41) is 16.7. The fraction of sp³-hybridized carbons (Fsp3) is 0.500. The van der Waals surface area contributed by atoms with Gasteiger partial charge in [-0.25, -0.2) is 0 Å². The molecule has 6 nitrogen and oxygen atoms in total. The predicted molar refractivity (Wildman–Crippen MR) is 82.7 cm³/mol. The molecule has 1 unspecified atom stereocenters. The Kier molecular flexibility index (Phi) is 7.11. The first-order valence-corrected chi connectivity index (χ1v) is 6.88. The number of rotatable bonds is 5. The molecule has 1 aliphatic heterocycles. The average Bonchev–Trinajstić information content (AvgIpc) is 2.48. The highest BCUT2D eigenvalue weighted by Gasteiger charge is 2.20. The van der Waals surface area contributed by atoms with Gasteiger partial charge >= 0.3 is 0 Å². The molecule has 1 aromatic carbocycles. The normalized spacial score (nSPS) is 17.6. The third-order valence-corrected chi connectivity index (χ3v) is 3.53. The van der Waals surface area contributed by atoms with E-state index in [1.54, 1.807) is 12.1 Å². The maximum Gasteiger partial charge on any atom is 0.269 e. The van der Waals surface area contributed by atoms with E-state index in [2.05, 4.69) is 10.6 Å². The number of nitrogens with zero attached hydrogens (tertiary/aromatic N) is 1. The molecule has 2 rings (SSSR count). The van der Waals surface area contributed by atoms with Crippen molar-refractivity contribution in [3.05, 3.63) is 39.9 Å². The van der Waals surface area contributed by atoms with Gasteiger partial charge < -0.3 is 10.6 Å². The van der Waals surface area contributed by atoms with Crippen molar-refractivity contribution in [1.29, 1.82) is 0 Å². The van der Waals surface area contributed by atoms with Crippen LogP contribution in [0.5, 0.6) is 0 Å². The highest BCUT2D eigenvalue weighted by atomic mass is 35.5. The Morgan fingerprint density at radius 1 is 1.38 bits per heavy atom. The first kappa shape index (κ1) is 17.4. The lowest BCUT2D eigenvalue weighted by Gasteiger charge is -2.21. The summed E-state index contributed by atoms with van der Waals surface area (Å²) in [5.74, 6) is 0.166. The van der Waals surface area contributed by atoms with Gasteiger partial charge in [-0.1, -0.05) is 12.1 Å². The lowest BCUT2D eigenvalue weighted by molar-refractivity contribution is -0.384. The van der Waals surface area contributed by atoms with Crippen molar-refractivity contribution in [2.45, 2.75) is 19.3 Å². The average molecular weight is 314 g/mol. The van der Waals surface area contributed by atoms with E-state index in [0.29, 0.717) is 13.0 Å². The van der Waals surface area contributed by atoms with Crippen LogP contribution in [0.2, 0.25) is 0 Å². The molecule has 0 spiro atoms. The summed E-state index contributed by atoms with van der Waals surface area (Å²) in [7, 11) is 0. The van der Waals surface area contributed by atoms with E-state index < -0.39 is 4.92 Å². The third kappa shape index (κ3) is 5.32. The molecule has 0 radical (unpaired) electrons. The van der Waals surface area contributed by atoms with Crippen molar-refractivity contribution in [1.82, 2.24) is 10.6 Å². The molecule has 1 aliphatic rings. The SMILES string of the molecule is Cl.O=C(NCCc1ccc([N+](=O)[O-])cc1)C1CCCNC1. The Labute approximate surface area is 129 Å². The van der Waals surface area contributed by atoms with E-state index in [4.69, 9.17) is 0 Å². The summed E-state index contributed by atoms with van der Waals surface area (Å²) >= 11 is 0. The fourth-order valence-corrected chi connectivity index (χ4v) is 2.33. The van der Waals surface area contributed by atoms with Gasteiger partial charge in [0, 0.05) is 25.2 Å². The highest BCUT2D eigenvalue weighted by molar-refractivity contribution is 5.85. The van der Waals surface area contributed by atoms with Crippen LogP contribution in [-0.4, -0.2) is 30.5 Å². The van der Waals surface area contributed by atoms with Gasteiger partial charge in [-0.15, -0.1) is 12.4 Å². The van der Waals surface area contributed by atoms with Crippen molar-refractivity contribution in [2.24, 2.45) is 5.92 Å². The van der Waals surface area contributed by atoms with Crippen molar-refractivity contribution in [3.63, 3.8) is 0 Å². The van der Waals surface area contributed by atoms with Crippen LogP contribution in [0.4, 0.5) is 5.69 Å². The fourth-order valence-electron chi connectivity index (χ4n) is 2.33. The molecule has 0 aromatic heterocycles. The first-order valence-electron chi connectivity index (χ1n) is 6.88. The van der Waals surface area contributed by atoms with E-state index in [1.165, 1.54) is 12.1 Å². The topological polar surface area (TPSA) is 84.3 Å². The second-order valence-electron chi connectivity index (χ2n) is 5.01. The number of hydrogen-bond acceptors (Lipinski definition) is 4. The Bertz CT molecular complexity index is 473. The maximum absolute atomic E-state index is 11.9. The predicted octanol–water partition coefficient (Wildman–Crippen LogP) is 1.67. The summed E-state index contributed by atoms with van der Waals surface area (Å²) in [4.78, 5) is 22.0. The number of carbonyl (C=O) groups excluding carboxylic acids is 1. The largest absolute Gasteiger partial charge is 0.355 e. The molecule has 0 saturated carbocycles. The molecule has 1 atom stereocenters. The minimum Gasteiger partial charge on any atom is -0.355 e. The number of non-ortho nitro benzene ring substituents is 1. The number of piperidine rings is 1. The van der Waals surface area contributed by atoms with Crippen molar-refractivity contribution in [2.75, 3.05) is 19.6 Å². The molecule has 1 heterocycles. The van der Waals surface area contributed by atoms with Gasteiger partial charge in [0.15, 0.2) is 0 Å². The standard InChI is InChI=1S/C14H19N3O3.ClH/c18-14(12-2-1-8-15-10-12)16-9-7-11-3-5-13(6-4-11)17(19)20;/h3-6,12,15H,1-2,7-10H2,(H,16,18);1H. The van der Waals surface area contributed by atoms with Crippen LogP contribution in [0.3, 0.4) is 0 Å². The maximum atomic E-state index is 11.9. The van der Waals surface area contributed by atoms with Gasteiger partial charge in [-0.3, -0.25) is 14.9 Å². The molecular weight excluding hydrogens is 294 g/mol. The van der Waals surface area contributed by atoms with Crippen LogP contribution in [0, 0.1) is 16.0 Å². The van der Waals surface area contributed by atoms with Crippen LogP contribution in [-0.2, 0) is 11.2 Å². The smallest absolute Gasteiger partial charge is 0.269 e. The molecule has 0 bridgehead atoms. The monoisotopic (exact) mass is 313 g/mol. The molecule has 7 heteroatoms. The van der Waals surface area contributed by atoms with E-state index >= 15 is 0 Å². The number of halogens is 1. The second-order valence-corrected chi connectivity index (χ2v) is 5.01. The molecule has 1 aromatic rings. The molecule has 1 amide bonds. The van der Waals surface area contributed by atoms with E-state index in [0.717, 1.165) is 31.5 Å². The van der Waals surface area contributed by atoms with Gasteiger partial charge in [0.1, 0.15) is 0 Å². The van der Waals surface area contributed by atoms with Crippen LogP contribution < -0.4 is 10.6 Å². The Morgan fingerprint density at radius 2 is 2.10 bits per heavy atom. The Morgan fingerprint density at radius 3 is 2.67 bits per heavy atom. The number of benzene rings is 1. The Hall–Kier alpha value is -1.66. The van der Waals surface area contributed by atoms with Crippen molar-refractivity contribution < 1.29 is 9.72 Å². The number of nitro groups is 1. The van der Waals surface area contributed by atoms with E-state index in [-0.39, 0.29) is 29.9 Å². The van der Waals surface area contributed by atoms with Gasteiger partial charge in [0.05, 0.1) is 10.8 Å². The number of hydrogen-bond donors (Lipinski definition) is 2. The molecule has 0 aliphatic carbocycles. The van der Waals surface area contributed by atoms with Crippen LogP contribution in [0.25, 0.3) is 0 Å². The van der Waals surface area contributed by atoms with Crippen molar-refractivity contribution in [3.8, 4) is 0 Å². The molecule has 21 heavy (non-hydrogen) atoms. The minimum absolute atomic E-state index is 0. The number of nitro benzene ring substituents is 1. The molecule has 1 fully saturated rings. The quantitative estimate of drug-likeness (QED) is 0.640. The van der Waals surface area contributed by atoms with Gasteiger partial charge in [0.25, 0.3) is 5.69 Å². The zero-order chi connectivity index (χ0) is 14.4. The summed E-state index contributed by atoms with van der Waals surface area (Å²) in [6, 6.07) is 6.43. The number of amides is 1. The zero-order valence-corrected chi connectivity index (χ0v) is 12.5. The molecule has 2 N–H and O–H groups in total. The van der Waals surface area contributed by atoms with Crippen LogP contribution in [0.15, 0.2) is 24.3 Å². The van der Waals surface area contributed by atoms with E-state index in [9.17, 15) is 14.9 Å². The lowest BCUT2D eigenvalue weighted by atomic mass is 9.99. The first-order chi connectivity index (χ1) is 9.66. The van der Waals surface area contributed by atoms with E-state index in [1.807, 2.05) is 0 Å². The second kappa shape index (κ2) is 8.59. The van der Waals surface area contributed by atoms with Gasteiger partial charge in [0.2, 0.25) is 5.91 Å². The van der Waals surface area contributed by atoms with Crippen LogP contribution >= 0.6 is 12.4 Å². The number of nitrogens with one attached hydrogen (secondary N) is 2. The van der Waals surface area contributed by atoms with Crippen molar-refractivity contribution >= 4 is 24.0 Å². The summed E-state index contributed by atoms with van der Waals surface area (Å²) in [6.45, 7) is 2.31. The summed E-state index contributed by atoms with van der Waals surface area (Å²) < 4.78 is 0. The lowest BCUT2D eigenvalue weighted by Crippen LogP contribution is -2.41. The summed E-state index contributed by atoms with van der Waals surface area (Å²) in [5.41, 5.74) is 1.07.